The molecule has 1 fully saturated rings. The summed E-state index contributed by atoms with van der Waals surface area (Å²) in [6, 6.07) is 0.0865. The van der Waals surface area contributed by atoms with Crippen molar-refractivity contribution in [3.05, 3.63) is 0 Å². The van der Waals surface area contributed by atoms with E-state index in [1.807, 2.05) is 4.90 Å². The average molecular weight is 243 g/mol. The van der Waals surface area contributed by atoms with Crippen molar-refractivity contribution < 1.29 is 9.53 Å². The lowest BCUT2D eigenvalue weighted by molar-refractivity contribution is 0.125. The van der Waals surface area contributed by atoms with Gasteiger partial charge >= 0.3 is 6.03 Å². The fourth-order valence-corrected chi connectivity index (χ4v) is 1.95. The predicted octanol–water partition coefficient (Wildman–Crippen LogP) is 0.760. The minimum absolute atomic E-state index is 0.0865. The van der Waals surface area contributed by atoms with Gasteiger partial charge in [0.15, 0.2) is 0 Å². The van der Waals surface area contributed by atoms with Gasteiger partial charge < -0.3 is 15.0 Å². The van der Waals surface area contributed by atoms with E-state index in [0.29, 0.717) is 0 Å². The van der Waals surface area contributed by atoms with Gasteiger partial charge in [-0.05, 0) is 12.8 Å². The summed E-state index contributed by atoms with van der Waals surface area (Å²) < 4.78 is 5.04. The number of carbonyl (C=O) groups excluding carboxylic acids is 1. The number of urea groups is 1. The minimum atomic E-state index is 0.0865. The minimum Gasteiger partial charge on any atom is -0.385 e. The van der Waals surface area contributed by atoms with Crippen molar-refractivity contribution in [1.82, 2.24) is 15.1 Å². The van der Waals surface area contributed by atoms with E-state index in [9.17, 15) is 4.79 Å². The first kappa shape index (κ1) is 14.3. The quantitative estimate of drug-likeness (QED) is 0.701. The number of hydrogen-bond acceptors (Lipinski definition) is 3. The molecule has 1 N–H and O–H groups in total. The van der Waals surface area contributed by atoms with Gasteiger partial charge in [0.1, 0.15) is 0 Å². The third kappa shape index (κ3) is 5.37. The largest absolute Gasteiger partial charge is 0.385 e. The fraction of sp³-hybridized carbons (Fsp3) is 0.917. The molecule has 0 saturated carbocycles. The van der Waals surface area contributed by atoms with Gasteiger partial charge in [0.2, 0.25) is 0 Å². The van der Waals surface area contributed by atoms with Crippen molar-refractivity contribution in [3.8, 4) is 0 Å². The van der Waals surface area contributed by atoms with E-state index in [1.165, 1.54) is 0 Å². The molecule has 0 aromatic carbocycles. The Labute approximate surface area is 104 Å². The highest BCUT2D eigenvalue weighted by molar-refractivity contribution is 5.74. The Hall–Kier alpha value is -0.810. The molecule has 0 unspecified atom stereocenters. The lowest BCUT2D eigenvalue weighted by Crippen LogP contribution is -2.52. The summed E-state index contributed by atoms with van der Waals surface area (Å²) in [7, 11) is 1.73. The van der Waals surface area contributed by atoms with Crippen LogP contribution < -0.4 is 5.32 Å². The molecule has 100 valence electrons. The Morgan fingerprint density at radius 2 is 2.00 bits per heavy atom. The zero-order valence-electron chi connectivity index (χ0n) is 11.1. The smallest absolute Gasteiger partial charge is 0.317 e. The van der Waals surface area contributed by atoms with Crippen LogP contribution in [0.5, 0.6) is 0 Å². The van der Waals surface area contributed by atoms with Gasteiger partial charge in [-0.15, -0.1) is 0 Å². The summed E-state index contributed by atoms with van der Waals surface area (Å²) in [6.45, 7) is 8.34. The van der Waals surface area contributed by atoms with Crippen molar-refractivity contribution >= 4 is 6.03 Å². The van der Waals surface area contributed by atoms with E-state index in [2.05, 4.69) is 17.1 Å². The lowest BCUT2D eigenvalue weighted by atomic mass is 10.3. The van der Waals surface area contributed by atoms with E-state index in [4.69, 9.17) is 4.74 Å². The summed E-state index contributed by atoms with van der Waals surface area (Å²) in [5.74, 6) is 0. The molecule has 0 radical (unpaired) electrons. The predicted molar refractivity (Wildman–Crippen MR) is 68.2 cm³/mol. The number of carbonyl (C=O) groups is 1. The third-order valence-electron chi connectivity index (χ3n) is 3.01. The summed E-state index contributed by atoms with van der Waals surface area (Å²) in [5.41, 5.74) is 0. The van der Waals surface area contributed by atoms with Crippen LogP contribution in [0.25, 0.3) is 0 Å². The molecule has 1 heterocycles. The molecule has 0 atom stereocenters. The molecule has 1 saturated heterocycles. The van der Waals surface area contributed by atoms with Crippen molar-refractivity contribution in [3.63, 3.8) is 0 Å². The van der Waals surface area contributed by atoms with Gasteiger partial charge in [0.05, 0.1) is 0 Å². The molecule has 1 aliphatic heterocycles. The van der Waals surface area contributed by atoms with Gasteiger partial charge in [0.25, 0.3) is 0 Å². The first-order valence-electron chi connectivity index (χ1n) is 6.52. The highest BCUT2D eigenvalue weighted by Gasteiger charge is 2.19. The van der Waals surface area contributed by atoms with Crippen LogP contribution in [0.3, 0.4) is 0 Å². The van der Waals surface area contributed by atoms with E-state index >= 15 is 0 Å². The number of amides is 2. The van der Waals surface area contributed by atoms with Crippen LogP contribution in [0.15, 0.2) is 0 Å². The molecule has 1 aliphatic rings. The molecule has 0 aromatic rings. The highest BCUT2D eigenvalue weighted by Crippen LogP contribution is 2.02. The molecule has 0 aromatic heterocycles. The molecule has 0 bridgehead atoms. The van der Waals surface area contributed by atoms with Gasteiger partial charge in [-0.1, -0.05) is 6.92 Å². The second kappa shape index (κ2) is 8.31. The summed E-state index contributed by atoms with van der Waals surface area (Å²) >= 11 is 0. The molecule has 1 rings (SSSR count). The summed E-state index contributed by atoms with van der Waals surface area (Å²) in [5, 5.41) is 2.92. The molecule has 0 aliphatic carbocycles. The lowest BCUT2D eigenvalue weighted by Gasteiger charge is -2.34. The Morgan fingerprint density at radius 3 is 2.59 bits per heavy atom. The fourth-order valence-electron chi connectivity index (χ4n) is 1.95. The number of rotatable bonds is 6. The number of nitrogens with one attached hydrogen (secondary N) is 1. The number of methoxy groups -OCH3 is 1. The van der Waals surface area contributed by atoms with Gasteiger partial charge in [-0.3, -0.25) is 4.90 Å². The molecule has 17 heavy (non-hydrogen) atoms. The molecule has 5 heteroatoms. The van der Waals surface area contributed by atoms with Crippen molar-refractivity contribution in [2.24, 2.45) is 0 Å². The highest BCUT2D eigenvalue weighted by atomic mass is 16.5. The Kier molecular flexibility index (Phi) is 6.96. The van der Waals surface area contributed by atoms with Crippen LogP contribution in [0, 0.1) is 0 Å². The van der Waals surface area contributed by atoms with E-state index in [1.54, 1.807) is 7.11 Å². The van der Waals surface area contributed by atoms with Crippen LogP contribution in [-0.4, -0.2) is 68.8 Å². The molecule has 5 nitrogen and oxygen atoms in total. The van der Waals surface area contributed by atoms with E-state index < -0.39 is 0 Å². The molecule has 2 amide bonds. The number of hydrogen-bond donors (Lipinski definition) is 1. The van der Waals surface area contributed by atoms with Crippen LogP contribution in [-0.2, 0) is 4.74 Å². The second-order valence-corrected chi connectivity index (χ2v) is 4.41. The van der Waals surface area contributed by atoms with Crippen LogP contribution in [0.2, 0.25) is 0 Å². The number of piperazine rings is 1. The third-order valence-corrected chi connectivity index (χ3v) is 3.01. The Balaban J connectivity index is 2.14. The standard InChI is InChI=1S/C12H25N3O2/c1-3-5-13-12(16)15-9-7-14(8-10-15)6-4-11-17-2/h3-11H2,1-2H3,(H,13,16). The molecular formula is C12H25N3O2. The van der Waals surface area contributed by atoms with Gasteiger partial charge in [-0.25, -0.2) is 4.79 Å². The Bertz CT molecular complexity index is 216. The second-order valence-electron chi connectivity index (χ2n) is 4.41. The normalized spacial score (nSPS) is 17.2. The SMILES string of the molecule is CCCNC(=O)N1CCN(CCCOC)CC1. The summed E-state index contributed by atoms with van der Waals surface area (Å²) in [6.07, 6.45) is 2.06. The summed E-state index contributed by atoms with van der Waals surface area (Å²) in [4.78, 5) is 16.0. The van der Waals surface area contributed by atoms with Gasteiger partial charge in [0, 0.05) is 53.0 Å². The van der Waals surface area contributed by atoms with E-state index in [-0.39, 0.29) is 6.03 Å². The van der Waals surface area contributed by atoms with Crippen LogP contribution >= 0.6 is 0 Å². The maximum atomic E-state index is 11.7. The van der Waals surface area contributed by atoms with E-state index in [0.717, 1.165) is 58.7 Å². The first-order chi connectivity index (χ1) is 8.27. The maximum absolute atomic E-state index is 11.7. The molecular weight excluding hydrogens is 218 g/mol. The number of ether oxygens (including phenoxy) is 1. The monoisotopic (exact) mass is 243 g/mol. The first-order valence-corrected chi connectivity index (χ1v) is 6.52. The maximum Gasteiger partial charge on any atom is 0.317 e. The topological polar surface area (TPSA) is 44.8 Å². The van der Waals surface area contributed by atoms with Crippen LogP contribution in [0.1, 0.15) is 19.8 Å². The van der Waals surface area contributed by atoms with Crippen molar-refractivity contribution in [2.45, 2.75) is 19.8 Å². The van der Waals surface area contributed by atoms with Crippen molar-refractivity contribution in [1.29, 1.82) is 0 Å². The number of nitrogens with zero attached hydrogens (tertiary/aromatic N) is 2. The zero-order chi connectivity index (χ0) is 12.5. The molecule has 0 spiro atoms. The average Bonchev–Trinajstić information content (AvgIpc) is 2.37. The van der Waals surface area contributed by atoms with Crippen molar-refractivity contribution in [2.75, 3.05) is 53.0 Å². The zero-order valence-corrected chi connectivity index (χ0v) is 11.1. The van der Waals surface area contributed by atoms with Crippen LogP contribution in [0.4, 0.5) is 4.79 Å². The van der Waals surface area contributed by atoms with Gasteiger partial charge in [-0.2, -0.15) is 0 Å². The Morgan fingerprint density at radius 1 is 1.29 bits per heavy atom.